The monoisotopic (exact) mass is 276 g/mol. The zero-order valence-electron chi connectivity index (χ0n) is 11.5. The van der Waals surface area contributed by atoms with E-state index in [9.17, 15) is 4.79 Å². The zero-order chi connectivity index (χ0) is 13.9. The molecule has 0 radical (unpaired) electrons. The van der Waals surface area contributed by atoms with E-state index in [2.05, 4.69) is 15.1 Å². The minimum atomic E-state index is -0.545. The quantitative estimate of drug-likeness (QED) is 0.891. The number of hydrogen-bond donors (Lipinski definition) is 1. The van der Waals surface area contributed by atoms with Crippen molar-refractivity contribution in [2.45, 2.75) is 44.3 Å². The lowest BCUT2D eigenvalue weighted by molar-refractivity contribution is -0.0596. The van der Waals surface area contributed by atoms with Crippen molar-refractivity contribution in [1.29, 1.82) is 0 Å². The lowest BCUT2D eigenvalue weighted by Crippen LogP contribution is -2.40. The van der Waals surface area contributed by atoms with Crippen LogP contribution in [0.4, 0.5) is 5.82 Å². The van der Waals surface area contributed by atoms with E-state index in [1.54, 1.807) is 12.1 Å². The van der Waals surface area contributed by atoms with Gasteiger partial charge < -0.3 is 15.4 Å². The van der Waals surface area contributed by atoms with Crippen LogP contribution in [0.3, 0.4) is 0 Å². The van der Waals surface area contributed by atoms with Gasteiger partial charge in [-0.3, -0.25) is 4.79 Å². The fraction of sp³-hybridized carbons (Fsp3) is 0.643. The van der Waals surface area contributed by atoms with Gasteiger partial charge >= 0.3 is 0 Å². The van der Waals surface area contributed by atoms with Crippen molar-refractivity contribution in [2.75, 3.05) is 18.0 Å². The van der Waals surface area contributed by atoms with Gasteiger partial charge in [-0.1, -0.05) is 0 Å². The fourth-order valence-electron chi connectivity index (χ4n) is 2.63. The summed E-state index contributed by atoms with van der Waals surface area (Å²) in [6.45, 7) is 1.84. The smallest absolute Gasteiger partial charge is 0.269 e. The van der Waals surface area contributed by atoms with Crippen molar-refractivity contribution in [2.24, 2.45) is 5.73 Å². The molecule has 108 valence electrons. The van der Waals surface area contributed by atoms with Crippen LogP contribution in [0.2, 0.25) is 0 Å². The molecule has 6 heteroatoms. The Kier molecular flexibility index (Phi) is 3.82. The largest absolute Gasteiger partial charge is 0.375 e. The Balaban J connectivity index is 1.53. The van der Waals surface area contributed by atoms with E-state index in [-0.39, 0.29) is 5.69 Å². The van der Waals surface area contributed by atoms with Crippen LogP contribution in [-0.2, 0) is 4.74 Å². The maximum atomic E-state index is 11.0. The topological polar surface area (TPSA) is 81.3 Å². The first kappa shape index (κ1) is 13.3. The third-order valence-corrected chi connectivity index (χ3v) is 4.11. The summed E-state index contributed by atoms with van der Waals surface area (Å²) >= 11 is 0. The van der Waals surface area contributed by atoms with E-state index in [1.165, 1.54) is 19.3 Å². The summed E-state index contributed by atoms with van der Waals surface area (Å²) in [6.07, 6.45) is 6.69. The Morgan fingerprint density at radius 3 is 2.35 bits per heavy atom. The van der Waals surface area contributed by atoms with Crippen molar-refractivity contribution < 1.29 is 9.53 Å². The maximum Gasteiger partial charge on any atom is 0.269 e. The van der Waals surface area contributed by atoms with Gasteiger partial charge in [-0.2, -0.15) is 0 Å². The molecule has 0 atom stereocenters. The molecule has 1 aliphatic heterocycles. The summed E-state index contributed by atoms with van der Waals surface area (Å²) in [7, 11) is 0. The molecule has 0 bridgehead atoms. The Hall–Kier alpha value is -1.69. The Labute approximate surface area is 118 Å². The van der Waals surface area contributed by atoms with Crippen molar-refractivity contribution >= 4 is 11.7 Å². The third-order valence-electron chi connectivity index (χ3n) is 4.11. The van der Waals surface area contributed by atoms with Gasteiger partial charge in [0.25, 0.3) is 5.91 Å². The highest BCUT2D eigenvalue weighted by Gasteiger charge is 2.26. The number of carbonyl (C=O) groups is 1. The summed E-state index contributed by atoms with van der Waals surface area (Å²) in [5, 5.41) is 7.92. The van der Waals surface area contributed by atoms with Crippen LogP contribution in [0.25, 0.3) is 0 Å². The van der Waals surface area contributed by atoms with Crippen molar-refractivity contribution in [3.05, 3.63) is 17.8 Å². The molecule has 1 saturated carbocycles. The molecule has 1 aromatic rings. The first-order valence-corrected chi connectivity index (χ1v) is 7.26. The zero-order valence-corrected chi connectivity index (χ0v) is 11.5. The summed E-state index contributed by atoms with van der Waals surface area (Å²) < 4.78 is 6.04. The molecule has 2 fully saturated rings. The number of aromatic nitrogens is 2. The van der Waals surface area contributed by atoms with E-state index >= 15 is 0 Å². The van der Waals surface area contributed by atoms with E-state index in [0.717, 1.165) is 31.7 Å². The number of carbonyl (C=O) groups excluding carboxylic acids is 1. The Morgan fingerprint density at radius 1 is 1.15 bits per heavy atom. The summed E-state index contributed by atoms with van der Waals surface area (Å²) in [5.74, 6) is 0.258. The number of primary amides is 1. The second-order valence-corrected chi connectivity index (χ2v) is 5.52. The van der Waals surface area contributed by atoms with Gasteiger partial charge in [0.1, 0.15) is 0 Å². The van der Waals surface area contributed by atoms with Crippen molar-refractivity contribution in [3.8, 4) is 0 Å². The van der Waals surface area contributed by atoms with Crippen LogP contribution in [0.5, 0.6) is 0 Å². The van der Waals surface area contributed by atoms with Crippen LogP contribution in [-0.4, -0.2) is 41.4 Å². The van der Waals surface area contributed by atoms with Gasteiger partial charge in [0.15, 0.2) is 11.5 Å². The third kappa shape index (κ3) is 2.90. The molecular weight excluding hydrogens is 256 g/mol. The van der Waals surface area contributed by atoms with Crippen LogP contribution in [0, 0.1) is 0 Å². The number of amides is 1. The lowest BCUT2D eigenvalue weighted by Gasteiger charge is -2.36. The number of rotatable bonds is 4. The minimum absolute atomic E-state index is 0.206. The number of nitrogens with zero attached hydrogens (tertiary/aromatic N) is 3. The van der Waals surface area contributed by atoms with E-state index < -0.39 is 5.91 Å². The molecule has 3 rings (SSSR count). The van der Waals surface area contributed by atoms with Crippen LogP contribution >= 0.6 is 0 Å². The second kappa shape index (κ2) is 5.75. The molecular formula is C14H20N4O2. The summed E-state index contributed by atoms with van der Waals surface area (Å²) in [4.78, 5) is 13.1. The fourth-order valence-corrected chi connectivity index (χ4v) is 2.63. The van der Waals surface area contributed by atoms with E-state index in [1.807, 2.05) is 0 Å². The van der Waals surface area contributed by atoms with Gasteiger partial charge in [-0.25, -0.2) is 0 Å². The molecule has 1 aliphatic carbocycles. The molecule has 1 saturated heterocycles. The van der Waals surface area contributed by atoms with E-state index in [0.29, 0.717) is 12.2 Å². The normalized spacial score (nSPS) is 20.7. The van der Waals surface area contributed by atoms with Crippen molar-refractivity contribution in [1.82, 2.24) is 10.2 Å². The number of ether oxygens (including phenoxy) is 1. The SMILES string of the molecule is NC(=O)c1ccc(N2CCC(OC3CCC3)CC2)nn1. The number of hydrogen-bond acceptors (Lipinski definition) is 5. The van der Waals surface area contributed by atoms with Gasteiger partial charge in [0.2, 0.25) is 0 Å². The summed E-state index contributed by atoms with van der Waals surface area (Å²) in [6, 6.07) is 3.43. The molecule has 2 aliphatic rings. The molecule has 6 nitrogen and oxygen atoms in total. The predicted octanol–water partition coefficient (Wildman–Crippen LogP) is 1.11. The Morgan fingerprint density at radius 2 is 1.85 bits per heavy atom. The highest BCUT2D eigenvalue weighted by atomic mass is 16.5. The molecule has 1 amide bonds. The molecule has 0 unspecified atom stereocenters. The van der Waals surface area contributed by atoms with Crippen molar-refractivity contribution in [3.63, 3.8) is 0 Å². The number of anilines is 1. The van der Waals surface area contributed by atoms with Crippen LogP contribution < -0.4 is 10.6 Å². The van der Waals surface area contributed by atoms with Gasteiger partial charge in [0.05, 0.1) is 12.2 Å². The maximum absolute atomic E-state index is 11.0. The molecule has 1 aromatic heterocycles. The molecule has 20 heavy (non-hydrogen) atoms. The van der Waals surface area contributed by atoms with Crippen LogP contribution in [0.15, 0.2) is 12.1 Å². The average molecular weight is 276 g/mol. The second-order valence-electron chi connectivity index (χ2n) is 5.52. The van der Waals surface area contributed by atoms with Gasteiger partial charge in [0, 0.05) is 13.1 Å². The lowest BCUT2D eigenvalue weighted by atomic mass is 9.95. The van der Waals surface area contributed by atoms with E-state index in [4.69, 9.17) is 10.5 Å². The van der Waals surface area contributed by atoms with Crippen LogP contribution in [0.1, 0.15) is 42.6 Å². The minimum Gasteiger partial charge on any atom is -0.375 e. The molecule has 0 spiro atoms. The number of piperidine rings is 1. The first-order chi connectivity index (χ1) is 9.72. The predicted molar refractivity (Wildman–Crippen MR) is 74.5 cm³/mol. The summed E-state index contributed by atoms with van der Waals surface area (Å²) in [5.41, 5.74) is 5.36. The number of nitrogens with two attached hydrogens (primary N) is 1. The van der Waals surface area contributed by atoms with Gasteiger partial charge in [-0.05, 0) is 44.2 Å². The average Bonchev–Trinajstić information content (AvgIpc) is 2.44. The standard InChI is InChI=1S/C14H20N4O2/c15-14(19)12-4-5-13(17-16-12)18-8-6-11(7-9-18)20-10-2-1-3-10/h4-5,10-11H,1-3,6-9H2,(H2,15,19). The molecule has 2 heterocycles. The Bertz CT molecular complexity index is 465. The highest BCUT2D eigenvalue weighted by molar-refractivity contribution is 5.90. The van der Waals surface area contributed by atoms with Gasteiger partial charge in [-0.15, -0.1) is 10.2 Å². The molecule has 0 aromatic carbocycles. The molecule has 2 N–H and O–H groups in total. The first-order valence-electron chi connectivity index (χ1n) is 7.26. The highest BCUT2D eigenvalue weighted by Crippen LogP contribution is 2.27.